The van der Waals surface area contributed by atoms with Gasteiger partial charge in [-0.2, -0.15) is 5.10 Å². The monoisotopic (exact) mass is 264 g/mol. The highest BCUT2D eigenvalue weighted by Crippen LogP contribution is 2.11. The Morgan fingerprint density at radius 2 is 2.26 bits per heavy atom. The molecule has 2 rings (SSSR count). The van der Waals surface area contributed by atoms with Crippen molar-refractivity contribution in [2.75, 3.05) is 20.1 Å². The molecule has 1 aliphatic rings. The van der Waals surface area contributed by atoms with Crippen molar-refractivity contribution < 1.29 is 0 Å². The molecule has 0 bridgehead atoms. The molecule has 1 aliphatic heterocycles. The van der Waals surface area contributed by atoms with E-state index in [0.29, 0.717) is 6.04 Å². The van der Waals surface area contributed by atoms with Gasteiger partial charge < -0.3 is 5.32 Å². The van der Waals surface area contributed by atoms with E-state index in [0.717, 1.165) is 26.1 Å². The van der Waals surface area contributed by atoms with Crippen LogP contribution in [0.15, 0.2) is 6.07 Å². The Balaban J connectivity index is 1.90. The number of rotatable bonds is 6. The van der Waals surface area contributed by atoms with E-state index >= 15 is 0 Å². The second-order valence-electron chi connectivity index (χ2n) is 5.64. The Kier molecular flexibility index (Phi) is 5.40. The van der Waals surface area contributed by atoms with Crippen LogP contribution in [0.1, 0.15) is 44.5 Å². The first-order chi connectivity index (χ1) is 9.22. The average Bonchev–Trinajstić information content (AvgIpc) is 2.82. The van der Waals surface area contributed by atoms with Gasteiger partial charge in [-0.3, -0.25) is 9.58 Å². The molecule has 1 atom stereocenters. The van der Waals surface area contributed by atoms with Crippen LogP contribution in [0.2, 0.25) is 0 Å². The second kappa shape index (κ2) is 7.06. The van der Waals surface area contributed by atoms with E-state index in [-0.39, 0.29) is 0 Å². The Bertz CT molecular complexity index is 379. The fraction of sp³-hybridized carbons (Fsp3) is 0.800. The summed E-state index contributed by atoms with van der Waals surface area (Å²) in [5.41, 5.74) is 2.55. The molecule has 1 aromatic rings. The van der Waals surface area contributed by atoms with Crippen LogP contribution >= 0.6 is 0 Å². The van der Waals surface area contributed by atoms with Gasteiger partial charge in [0.25, 0.3) is 0 Å². The molecule has 1 saturated heterocycles. The summed E-state index contributed by atoms with van der Waals surface area (Å²) in [4.78, 5) is 2.42. The summed E-state index contributed by atoms with van der Waals surface area (Å²) in [6, 6.07) is 2.93. The molecule has 2 heterocycles. The van der Waals surface area contributed by atoms with Gasteiger partial charge in [-0.1, -0.05) is 13.3 Å². The highest BCUT2D eigenvalue weighted by molar-refractivity contribution is 5.10. The molecule has 0 spiro atoms. The number of hydrogen-bond donors (Lipinski definition) is 1. The lowest BCUT2D eigenvalue weighted by Gasteiger charge is -2.28. The zero-order chi connectivity index (χ0) is 13.7. The first-order valence-electron chi connectivity index (χ1n) is 7.70. The first-order valence-corrected chi connectivity index (χ1v) is 7.70. The summed E-state index contributed by atoms with van der Waals surface area (Å²) in [6.07, 6.45) is 5.05. The molecule has 1 N–H and O–H groups in total. The van der Waals surface area contributed by atoms with Gasteiger partial charge in [-0.25, -0.2) is 0 Å². The maximum Gasteiger partial charge on any atom is 0.0625 e. The number of likely N-dealkylation sites (N-methyl/N-ethyl adjacent to an activating group) is 1. The van der Waals surface area contributed by atoms with E-state index in [4.69, 9.17) is 0 Å². The first kappa shape index (κ1) is 14.5. The molecule has 0 amide bonds. The number of hydrogen-bond acceptors (Lipinski definition) is 3. The molecule has 0 aromatic carbocycles. The maximum atomic E-state index is 4.62. The summed E-state index contributed by atoms with van der Waals surface area (Å²) < 4.78 is 2.14. The molecule has 0 radical (unpaired) electrons. The van der Waals surface area contributed by atoms with Crippen LogP contribution in [0.25, 0.3) is 0 Å². The molecule has 1 fully saturated rings. The summed E-state index contributed by atoms with van der Waals surface area (Å²) in [7, 11) is 2.22. The third-order valence-electron chi connectivity index (χ3n) is 3.95. The van der Waals surface area contributed by atoms with Gasteiger partial charge in [0.2, 0.25) is 0 Å². The predicted molar refractivity (Wildman–Crippen MR) is 79.3 cm³/mol. The second-order valence-corrected chi connectivity index (χ2v) is 5.64. The molecule has 1 unspecified atom stereocenters. The number of nitrogens with zero attached hydrogens (tertiary/aromatic N) is 3. The van der Waals surface area contributed by atoms with Crippen molar-refractivity contribution in [2.24, 2.45) is 0 Å². The van der Waals surface area contributed by atoms with Crippen LogP contribution in [-0.2, 0) is 19.5 Å². The summed E-state index contributed by atoms with van der Waals surface area (Å²) in [5.74, 6) is 0. The minimum absolute atomic E-state index is 0.669. The number of aryl methyl sites for hydroxylation is 2. The van der Waals surface area contributed by atoms with Crippen molar-refractivity contribution >= 4 is 0 Å². The van der Waals surface area contributed by atoms with E-state index < -0.39 is 0 Å². The number of nitrogens with one attached hydrogen (secondary N) is 1. The van der Waals surface area contributed by atoms with E-state index in [1.165, 1.54) is 37.2 Å². The molecule has 4 heteroatoms. The van der Waals surface area contributed by atoms with Gasteiger partial charge in [0, 0.05) is 25.7 Å². The zero-order valence-corrected chi connectivity index (χ0v) is 12.7. The lowest BCUT2D eigenvalue weighted by atomic mass is 10.0. The molecule has 0 aliphatic carbocycles. The minimum Gasteiger partial charge on any atom is -0.313 e. The predicted octanol–water partition coefficient (Wildman–Crippen LogP) is 2.04. The largest absolute Gasteiger partial charge is 0.313 e. The topological polar surface area (TPSA) is 33.1 Å². The normalized spacial score (nSPS) is 20.1. The smallest absolute Gasteiger partial charge is 0.0625 e. The average molecular weight is 264 g/mol. The molecule has 4 nitrogen and oxygen atoms in total. The number of aromatic nitrogens is 2. The third kappa shape index (κ3) is 4.05. The molecule has 0 saturated carbocycles. The van der Waals surface area contributed by atoms with Gasteiger partial charge in [-0.15, -0.1) is 0 Å². The van der Waals surface area contributed by atoms with Crippen LogP contribution in [-0.4, -0.2) is 40.9 Å². The highest BCUT2D eigenvalue weighted by atomic mass is 15.3. The van der Waals surface area contributed by atoms with Gasteiger partial charge >= 0.3 is 0 Å². The van der Waals surface area contributed by atoms with Crippen molar-refractivity contribution in [3.8, 4) is 0 Å². The van der Waals surface area contributed by atoms with Crippen LogP contribution < -0.4 is 5.32 Å². The van der Waals surface area contributed by atoms with Crippen molar-refractivity contribution in [2.45, 2.75) is 58.7 Å². The lowest BCUT2D eigenvalue weighted by Crippen LogP contribution is -2.42. The van der Waals surface area contributed by atoms with Crippen molar-refractivity contribution in [3.63, 3.8) is 0 Å². The molecule has 19 heavy (non-hydrogen) atoms. The highest BCUT2D eigenvalue weighted by Gasteiger charge is 2.16. The lowest BCUT2D eigenvalue weighted by molar-refractivity contribution is 0.251. The summed E-state index contributed by atoms with van der Waals surface area (Å²) >= 11 is 0. The molecular formula is C15H28N4. The maximum absolute atomic E-state index is 4.62. The van der Waals surface area contributed by atoms with Gasteiger partial charge in [0.15, 0.2) is 0 Å². The van der Waals surface area contributed by atoms with Gasteiger partial charge in [-0.05, 0) is 45.8 Å². The van der Waals surface area contributed by atoms with E-state index in [1.807, 2.05) is 0 Å². The molecule has 1 aromatic heterocycles. The molecular weight excluding hydrogens is 236 g/mol. The Hall–Kier alpha value is -0.870. The third-order valence-corrected chi connectivity index (χ3v) is 3.95. The van der Waals surface area contributed by atoms with Crippen LogP contribution in [0.3, 0.4) is 0 Å². The fourth-order valence-corrected chi connectivity index (χ4v) is 2.89. The SMILES string of the molecule is CCc1cc(CN(C)CC2CCCCN2)n(CC)n1. The van der Waals surface area contributed by atoms with Crippen molar-refractivity contribution in [1.82, 2.24) is 20.0 Å². The Morgan fingerprint density at radius 3 is 2.89 bits per heavy atom. The van der Waals surface area contributed by atoms with E-state index in [2.05, 4.69) is 47.0 Å². The standard InChI is InChI=1S/C15H28N4/c1-4-13-10-15(19(5-2)17-13)12-18(3)11-14-8-6-7-9-16-14/h10,14,16H,4-9,11-12H2,1-3H3. The Morgan fingerprint density at radius 1 is 1.42 bits per heavy atom. The van der Waals surface area contributed by atoms with Crippen molar-refractivity contribution in [1.29, 1.82) is 0 Å². The van der Waals surface area contributed by atoms with E-state index in [9.17, 15) is 0 Å². The quantitative estimate of drug-likeness (QED) is 0.853. The fourth-order valence-electron chi connectivity index (χ4n) is 2.89. The minimum atomic E-state index is 0.669. The zero-order valence-electron chi connectivity index (χ0n) is 12.7. The van der Waals surface area contributed by atoms with E-state index in [1.54, 1.807) is 0 Å². The van der Waals surface area contributed by atoms with Gasteiger partial charge in [0.05, 0.1) is 11.4 Å². The van der Waals surface area contributed by atoms with Crippen LogP contribution in [0, 0.1) is 0 Å². The summed E-state index contributed by atoms with van der Waals surface area (Å²) in [6.45, 7) is 8.62. The molecule has 108 valence electrons. The summed E-state index contributed by atoms with van der Waals surface area (Å²) in [5, 5.41) is 8.24. The number of piperidine rings is 1. The van der Waals surface area contributed by atoms with Gasteiger partial charge in [0.1, 0.15) is 0 Å². The Labute approximate surface area is 117 Å². The van der Waals surface area contributed by atoms with Crippen molar-refractivity contribution in [3.05, 3.63) is 17.5 Å². The van der Waals surface area contributed by atoms with Crippen LogP contribution in [0.4, 0.5) is 0 Å². The van der Waals surface area contributed by atoms with Crippen LogP contribution in [0.5, 0.6) is 0 Å².